The fourth-order valence-electron chi connectivity index (χ4n) is 2.86. The van der Waals surface area contributed by atoms with E-state index in [9.17, 15) is 4.79 Å². The predicted molar refractivity (Wildman–Crippen MR) is 128 cm³/mol. The van der Waals surface area contributed by atoms with E-state index >= 15 is 0 Å². The lowest BCUT2D eigenvalue weighted by molar-refractivity contribution is 0.0730. The van der Waals surface area contributed by atoms with Crippen LogP contribution < -0.4 is 14.9 Å². The summed E-state index contributed by atoms with van der Waals surface area (Å²) in [6, 6.07) is 21.8. The molecule has 4 rings (SSSR count). The van der Waals surface area contributed by atoms with Gasteiger partial charge < -0.3 is 9.47 Å². The molecule has 0 fully saturated rings. The molecule has 8 heteroatoms. The molecule has 0 spiro atoms. The molecule has 3 aromatic carbocycles. The summed E-state index contributed by atoms with van der Waals surface area (Å²) in [7, 11) is 1.50. The molecule has 0 bridgehead atoms. The Morgan fingerprint density at radius 1 is 1.06 bits per heavy atom. The van der Waals surface area contributed by atoms with Crippen LogP contribution in [-0.4, -0.2) is 24.3 Å². The minimum atomic E-state index is -0.560. The number of carbonyl (C=O) groups is 1. The lowest BCUT2D eigenvalue weighted by atomic mass is 10.2. The number of hydrogen-bond donors (Lipinski definition) is 1. The third-order valence-corrected chi connectivity index (χ3v) is 5.51. The Kier molecular flexibility index (Phi) is 6.79. The maximum atomic E-state index is 12.4. The number of nitrogens with one attached hydrogen (secondary N) is 1. The predicted octanol–water partition coefficient (Wildman–Crippen LogP) is 6.14. The van der Waals surface area contributed by atoms with Gasteiger partial charge in [0.2, 0.25) is 5.13 Å². The number of halogens is 1. The van der Waals surface area contributed by atoms with Gasteiger partial charge in [0, 0.05) is 10.9 Å². The number of esters is 1. The van der Waals surface area contributed by atoms with E-state index in [1.807, 2.05) is 35.7 Å². The van der Waals surface area contributed by atoms with Gasteiger partial charge in [-0.3, -0.25) is 5.43 Å². The molecule has 0 unspecified atom stereocenters. The number of nitrogens with zero attached hydrogens (tertiary/aromatic N) is 2. The first-order valence-electron chi connectivity index (χ1n) is 9.59. The van der Waals surface area contributed by atoms with Gasteiger partial charge in [0.25, 0.3) is 0 Å². The SMILES string of the molecule is COc1cc(/C=N\Nc2nc(-c3ccccc3)cs2)ccc1OC(=O)c1ccccc1Cl. The van der Waals surface area contributed by atoms with Crippen molar-refractivity contribution in [1.29, 1.82) is 0 Å². The first-order valence-corrected chi connectivity index (χ1v) is 10.8. The van der Waals surface area contributed by atoms with E-state index < -0.39 is 5.97 Å². The van der Waals surface area contributed by atoms with E-state index in [0.29, 0.717) is 15.9 Å². The maximum absolute atomic E-state index is 12.4. The minimum absolute atomic E-state index is 0.282. The summed E-state index contributed by atoms with van der Waals surface area (Å²) in [5.41, 5.74) is 5.91. The van der Waals surface area contributed by atoms with Crippen molar-refractivity contribution in [1.82, 2.24) is 4.98 Å². The van der Waals surface area contributed by atoms with E-state index in [2.05, 4.69) is 15.5 Å². The highest BCUT2D eigenvalue weighted by Crippen LogP contribution is 2.29. The number of thiazole rings is 1. The van der Waals surface area contributed by atoms with Crippen LogP contribution in [0.5, 0.6) is 11.5 Å². The number of methoxy groups -OCH3 is 1. The van der Waals surface area contributed by atoms with E-state index in [-0.39, 0.29) is 11.3 Å². The zero-order chi connectivity index (χ0) is 22.3. The van der Waals surface area contributed by atoms with Crippen molar-refractivity contribution in [3.63, 3.8) is 0 Å². The van der Waals surface area contributed by atoms with Crippen molar-refractivity contribution in [3.05, 3.63) is 94.3 Å². The Bertz CT molecular complexity index is 1260. The van der Waals surface area contributed by atoms with Gasteiger partial charge in [-0.1, -0.05) is 54.1 Å². The Balaban J connectivity index is 1.43. The highest BCUT2D eigenvalue weighted by molar-refractivity contribution is 7.14. The number of benzene rings is 3. The average Bonchev–Trinajstić information content (AvgIpc) is 3.29. The van der Waals surface area contributed by atoms with Crippen molar-refractivity contribution in [3.8, 4) is 22.8 Å². The second-order valence-electron chi connectivity index (χ2n) is 6.55. The highest BCUT2D eigenvalue weighted by atomic mass is 35.5. The summed E-state index contributed by atoms with van der Waals surface area (Å²) in [6.45, 7) is 0. The molecule has 0 saturated carbocycles. The molecule has 32 heavy (non-hydrogen) atoms. The number of hydrazone groups is 1. The summed E-state index contributed by atoms with van der Waals surface area (Å²) < 4.78 is 10.8. The molecule has 0 aliphatic rings. The number of anilines is 1. The van der Waals surface area contributed by atoms with Gasteiger partial charge in [0.1, 0.15) is 0 Å². The molecule has 0 aliphatic carbocycles. The van der Waals surface area contributed by atoms with Crippen molar-refractivity contribution in [2.24, 2.45) is 5.10 Å². The summed E-state index contributed by atoms with van der Waals surface area (Å²) in [5.74, 6) is 0.125. The molecule has 4 aromatic rings. The molecule has 0 radical (unpaired) electrons. The number of aromatic nitrogens is 1. The Morgan fingerprint density at radius 3 is 2.62 bits per heavy atom. The summed E-state index contributed by atoms with van der Waals surface area (Å²) in [4.78, 5) is 16.9. The third kappa shape index (κ3) is 5.14. The van der Waals surface area contributed by atoms with Crippen LogP contribution in [0.1, 0.15) is 15.9 Å². The van der Waals surface area contributed by atoms with Gasteiger partial charge in [0.15, 0.2) is 11.5 Å². The van der Waals surface area contributed by atoms with E-state index in [1.54, 1.807) is 48.7 Å². The molecule has 0 saturated heterocycles. The third-order valence-electron chi connectivity index (χ3n) is 4.43. The normalized spacial score (nSPS) is 10.8. The van der Waals surface area contributed by atoms with Gasteiger partial charge in [-0.25, -0.2) is 9.78 Å². The maximum Gasteiger partial charge on any atom is 0.345 e. The number of carbonyl (C=O) groups excluding carboxylic acids is 1. The van der Waals surface area contributed by atoms with Crippen LogP contribution in [0.2, 0.25) is 5.02 Å². The lowest BCUT2D eigenvalue weighted by Crippen LogP contribution is -2.10. The van der Waals surface area contributed by atoms with Crippen LogP contribution >= 0.6 is 22.9 Å². The molecule has 1 heterocycles. The first-order chi connectivity index (χ1) is 15.6. The molecule has 160 valence electrons. The van der Waals surface area contributed by atoms with Crippen LogP contribution in [0.25, 0.3) is 11.3 Å². The number of rotatable bonds is 7. The minimum Gasteiger partial charge on any atom is -0.493 e. The van der Waals surface area contributed by atoms with Crippen LogP contribution in [0.4, 0.5) is 5.13 Å². The van der Waals surface area contributed by atoms with E-state index in [1.165, 1.54) is 18.4 Å². The lowest BCUT2D eigenvalue weighted by Gasteiger charge is -2.10. The largest absolute Gasteiger partial charge is 0.493 e. The monoisotopic (exact) mass is 463 g/mol. The van der Waals surface area contributed by atoms with Crippen molar-refractivity contribution in [2.75, 3.05) is 12.5 Å². The van der Waals surface area contributed by atoms with Crippen LogP contribution in [0.3, 0.4) is 0 Å². The second-order valence-corrected chi connectivity index (χ2v) is 7.82. The van der Waals surface area contributed by atoms with Gasteiger partial charge >= 0.3 is 5.97 Å². The molecule has 0 atom stereocenters. The van der Waals surface area contributed by atoms with Crippen LogP contribution in [-0.2, 0) is 0 Å². The molecule has 1 aromatic heterocycles. The highest BCUT2D eigenvalue weighted by Gasteiger charge is 2.15. The van der Waals surface area contributed by atoms with Crippen LogP contribution in [0, 0.1) is 0 Å². The van der Waals surface area contributed by atoms with Gasteiger partial charge in [-0.05, 0) is 35.9 Å². The molecule has 0 aliphatic heterocycles. The first kappa shape index (κ1) is 21.5. The number of hydrogen-bond acceptors (Lipinski definition) is 7. The van der Waals surface area contributed by atoms with Crippen molar-refractivity contribution >= 4 is 40.3 Å². The van der Waals surface area contributed by atoms with E-state index in [0.717, 1.165) is 16.8 Å². The topological polar surface area (TPSA) is 72.8 Å². The molecule has 1 N–H and O–H groups in total. The Labute approximate surface area is 194 Å². The van der Waals surface area contributed by atoms with Crippen molar-refractivity contribution in [2.45, 2.75) is 0 Å². The van der Waals surface area contributed by atoms with Crippen molar-refractivity contribution < 1.29 is 14.3 Å². The molecule has 0 amide bonds. The standard InChI is InChI=1S/C24H18ClN3O3S/c1-30-22-13-16(11-12-21(22)31-23(29)18-9-5-6-10-19(18)25)14-26-28-24-27-20(15-32-24)17-7-3-2-4-8-17/h2-15H,1H3,(H,27,28)/b26-14-. The smallest absolute Gasteiger partial charge is 0.345 e. The fraction of sp³-hybridized carbons (Fsp3) is 0.0417. The molecular formula is C24H18ClN3O3S. The van der Waals surface area contributed by atoms with Crippen LogP contribution in [0.15, 0.2) is 83.3 Å². The average molecular weight is 464 g/mol. The Morgan fingerprint density at radius 2 is 1.84 bits per heavy atom. The zero-order valence-electron chi connectivity index (χ0n) is 17.0. The molecular weight excluding hydrogens is 446 g/mol. The fourth-order valence-corrected chi connectivity index (χ4v) is 3.74. The summed E-state index contributed by atoms with van der Waals surface area (Å²) in [5, 5.41) is 7.21. The summed E-state index contributed by atoms with van der Waals surface area (Å²) in [6.07, 6.45) is 1.63. The zero-order valence-corrected chi connectivity index (χ0v) is 18.6. The summed E-state index contributed by atoms with van der Waals surface area (Å²) >= 11 is 7.53. The van der Waals surface area contributed by atoms with E-state index in [4.69, 9.17) is 21.1 Å². The number of ether oxygens (including phenoxy) is 2. The van der Waals surface area contributed by atoms with Gasteiger partial charge in [-0.15, -0.1) is 11.3 Å². The Hall–Kier alpha value is -3.68. The van der Waals surface area contributed by atoms with Gasteiger partial charge in [-0.2, -0.15) is 5.10 Å². The molecule has 6 nitrogen and oxygen atoms in total. The quantitative estimate of drug-likeness (QED) is 0.154. The second kappa shape index (κ2) is 10.1. The van der Waals surface area contributed by atoms with Gasteiger partial charge in [0.05, 0.1) is 29.6 Å².